The molecule has 2 unspecified atom stereocenters. The summed E-state index contributed by atoms with van der Waals surface area (Å²) in [5.74, 6) is 2.05. The summed E-state index contributed by atoms with van der Waals surface area (Å²) in [5, 5.41) is 3.56. The molecule has 0 aliphatic carbocycles. The number of hydrogen-bond acceptors (Lipinski definition) is 6. The largest absolute Gasteiger partial charge is 0.481 e. The molecule has 0 radical (unpaired) electrons. The number of rotatable bonds is 4. The third-order valence-corrected chi connectivity index (χ3v) is 5.40. The van der Waals surface area contributed by atoms with Gasteiger partial charge in [-0.2, -0.15) is 0 Å². The van der Waals surface area contributed by atoms with Crippen LogP contribution in [0.2, 0.25) is 0 Å². The highest BCUT2D eigenvalue weighted by Crippen LogP contribution is 2.33. The number of fused-ring (bicyclic) bond motifs is 3. The summed E-state index contributed by atoms with van der Waals surface area (Å²) in [7, 11) is 1.61. The molecule has 2 bridgehead atoms. The van der Waals surface area contributed by atoms with E-state index in [1.54, 1.807) is 13.3 Å². The van der Waals surface area contributed by atoms with Crippen LogP contribution < -0.4 is 10.1 Å². The molecule has 2 aromatic heterocycles. The Morgan fingerprint density at radius 2 is 1.75 bits per heavy atom. The zero-order chi connectivity index (χ0) is 16.5. The van der Waals surface area contributed by atoms with Gasteiger partial charge in [0.2, 0.25) is 11.8 Å². The zero-order valence-electron chi connectivity index (χ0n) is 14.1. The van der Waals surface area contributed by atoms with E-state index in [2.05, 4.69) is 32.1 Å². The van der Waals surface area contributed by atoms with E-state index < -0.39 is 0 Å². The van der Waals surface area contributed by atoms with Crippen LogP contribution in [-0.4, -0.2) is 52.1 Å². The standard InChI is InChI=1S/C18H23N5O/c1-12-17(13-5-7-23(12)8-6-13)22-18-20-10-15(11-21-18)14-3-4-16(24-2)19-9-14/h3-4,9-13,17H,5-8H2,1-2H3,(H,20,21,22). The molecule has 3 fully saturated rings. The fourth-order valence-electron chi connectivity index (χ4n) is 3.92. The molecule has 2 aromatic rings. The molecule has 3 saturated heterocycles. The first kappa shape index (κ1) is 15.3. The SMILES string of the molecule is COc1ccc(-c2cnc(NC3C4CCN(CC4)C3C)nc2)cn1. The molecule has 0 saturated carbocycles. The van der Waals surface area contributed by atoms with E-state index in [9.17, 15) is 0 Å². The van der Waals surface area contributed by atoms with E-state index in [1.165, 1.54) is 25.9 Å². The van der Waals surface area contributed by atoms with Crippen molar-refractivity contribution in [2.75, 3.05) is 25.5 Å². The van der Waals surface area contributed by atoms with Gasteiger partial charge in [-0.25, -0.2) is 15.0 Å². The molecule has 24 heavy (non-hydrogen) atoms. The Hall–Kier alpha value is -2.21. The molecule has 2 atom stereocenters. The van der Waals surface area contributed by atoms with E-state index >= 15 is 0 Å². The number of nitrogens with zero attached hydrogens (tertiary/aromatic N) is 4. The molecule has 6 nitrogen and oxygen atoms in total. The molecule has 1 N–H and O–H groups in total. The average molecular weight is 325 g/mol. The lowest BCUT2D eigenvalue weighted by atomic mass is 9.79. The summed E-state index contributed by atoms with van der Waals surface area (Å²) in [6.07, 6.45) is 8.03. The summed E-state index contributed by atoms with van der Waals surface area (Å²) < 4.78 is 5.09. The maximum absolute atomic E-state index is 5.09. The van der Waals surface area contributed by atoms with Crippen molar-refractivity contribution in [3.63, 3.8) is 0 Å². The number of aromatic nitrogens is 3. The predicted molar refractivity (Wildman–Crippen MR) is 93.0 cm³/mol. The van der Waals surface area contributed by atoms with Gasteiger partial charge in [0.15, 0.2) is 0 Å². The highest BCUT2D eigenvalue weighted by molar-refractivity contribution is 5.61. The number of ether oxygens (including phenoxy) is 1. The number of pyridine rings is 1. The van der Waals surface area contributed by atoms with Crippen molar-refractivity contribution in [1.82, 2.24) is 19.9 Å². The van der Waals surface area contributed by atoms with Gasteiger partial charge in [0.1, 0.15) is 0 Å². The lowest BCUT2D eigenvalue weighted by molar-refractivity contribution is 0.0455. The number of anilines is 1. The van der Waals surface area contributed by atoms with Crippen LogP contribution in [0.25, 0.3) is 11.1 Å². The molecule has 3 aliphatic heterocycles. The van der Waals surface area contributed by atoms with Crippen LogP contribution in [0.4, 0.5) is 5.95 Å². The van der Waals surface area contributed by atoms with Gasteiger partial charge in [-0.15, -0.1) is 0 Å². The van der Waals surface area contributed by atoms with Crippen molar-refractivity contribution in [3.8, 4) is 17.0 Å². The van der Waals surface area contributed by atoms with Gasteiger partial charge < -0.3 is 10.1 Å². The summed E-state index contributed by atoms with van der Waals surface area (Å²) in [6, 6.07) is 4.80. The Morgan fingerprint density at radius 3 is 2.33 bits per heavy atom. The van der Waals surface area contributed by atoms with E-state index in [0.29, 0.717) is 23.9 Å². The molecule has 3 aliphatic rings. The summed E-state index contributed by atoms with van der Waals surface area (Å²) in [6.45, 7) is 4.77. The first-order valence-electron chi connectivity index (χ1n) is 8.57. The van der Waals surface area contributed by atoms with E-state index in [-0.39, 0.29) is 0 Å². The Balaban J connectivity index is 1.47. The normalized spacial score (nSPS) is 28.6. The van der Waals surface area contributed by atoms with Gasteiger partial charge in [0.25, 0.3) is 0 Å². The second-order valence-corrected chi connectivity index (χ2v) is 6.67. The maximum Gasteiger partial charge on any atom is 0.222 e. The highest BCUT2D eigenvalue weighted by atomic mass is 16.5. The molecule has 6 heteroatoms. The number of hydrogen-bond donors (Lipinski definition) is 1. The molecule has 0 aromatic carbocycles. The number of nitrogens with one attached hydrogen (secondary N) is 1. The van der Waals surface area contributed by atoms with Crippen LogP contribution >= 0.6 is 0 Å². The first-order valence-corrected chi connectivity index (χ1v) is 8.57. The summed E-state index contributed by atoms with van der Waals surface area (Å²) >= 11 is 0. The summed E-state index contributed by atoms with van der Waals surface area (Å²) in [5.41, 5.74) is 1.94. The Kier molecular flexibility index (Phi) is 4.06. The second-order valence-electron chi connectivity index (χ2n) is 6.67. The van der Waals surface area contributed by atoms with Crippen LogP contribution in [0.1, 0.15) is 19.8 Å². The topological polar surface area (TPSA) is 63.2 Å². The zero-order valence-corrected chi connectivity index (χ0v) is 14.1. The van der Waals surface area contributed by atoms with Crippen molar-refractivity contribution in [2.24, 2.45) is 5.92 Å². The minimum atomic E-state index is 0.445. The number of methoxy groups -OCH3 is 1. The van der Waals surface area contributed by atoms with Crippen LogP contribution in [0.3, 0.4) is 0 Å². The van der Waals surface area contributed by atoms with Crippen molar-refractivity contribution in [2.45, 2.75) is 31.8 Å². The van der Waals surface area contributed by atoms with Gasteiger partial charge in [-0.1, -0.05) is 0 Å². The minimum absolute atomic E-state index is 0.445. The van der Waals surface area contributed by atoms with Crippen LogP contribution in [-0.2, 0) is 0 Å². The van der Waals surface area contributed by atoms with E-state index in [0.717, 1.165) is 17.0 Å². The molecular formula is C18H23N5O. The van der Waals surface area contributed by atoms with Gasteiger partial charge in [0.05, 0.1) is 7.11 Å². The number of piperidine rings is 3. The fourth-order valence-corrected chi connectivity index (χ4v) is 3.92. The van der Waals surface area contributed by atoms with Crippen LogP contribution in [0, 0.1) is 5.92 Å². The first-order chi connectivity index (χ1) is 11.7. The molecule has 5 heterocycles. The maximum atomic E-state index is 5.09. The average Bonchev–Trinajstić information content (AvgIpc) is 2.66. The van der Waals surface area contributed by atoms with Crippen molar-refractivity contribution < 1.29 is 4.74 Å². The Morgan fingerprint density at radius 1 is 1.04 bits per heavy atom. The summed E-state index contributed by atoms with van der Waals surface area (Å²) in [4.78, 5) is 15.8. The molecular weight excluding hydrogens is 302 g/mol. The van der Waals surface area contributed by atoms with Crippen LogP contribution in [0.5, 0.6) is 5.88 Å². The van der Waals surface area contributed by atoms with Gasteiger partial charge in [0, 0.05) is 47.9 Å². The van der Waals surface area contributed by atoms with Gasteiger partial charge >= 0.3 is 0 Å². The lowest BCUT2D eigenvalue weighted by Gasteiger charge is -2.49. The molecule has 126 valence electrons. The van der Waals surface area contributed by atoms with Gasteiger partial charge in [-0.3, -0.25) is 4.90 Å². The van der Waals surface area contributed by atoms with E-state index in [1.807, 2.05) is 24.5 Å². The molecule has 0 amide bonds. The quantitative estimate of drug-likeness (QED) is 0.931. The Labute approximate surface area is 142 Å². The van der Waals surface area contributed by atoms with Crippen molar-refractivity contribution >= 4 is 5.95 Å². The van der Waals surface area contributed by atoms with Crippen LogP contribution in [0.15, 0.2) is 30.7 Å². The predicted octanol–water partition coefficient (Wildman–Crippen LogP) is 2.44. The van der Waals surface area contributed by atoms with E-state index in [4.69, 9.17) is 4.74 Å². The van der Waals surface area contributed by atoms with Crippen molar-refractivity contribution in [1.29, 1.82) is 0 Å². The minimum Gasteiger partial charge on any atom is -0.481 e. The van der Waals surface area contributed by atoms with Gasteiger partial charge in [-0.05, 0) is 44.8 Å². The fraction of sp³-hybridized carbons (Fsp3) is 0.500. The highest BCUT2D eigenvalue weighted by Gasteiger charge is 2.39. The second kappa shape index (κ2) is 6.36. The smallest absolute Gasteiger partial charge is 0.222 e. The van der Waals surface area contributed by atoms with Crippen molar-refractivity contribution in [3.05, 3.63) is 30.7 Å². The Bertz CT molecular complexity index is 678. The third kappa shape index (κ3) is 2.82. The molecule has 0 spiro atoms. The third-order valence-electron chi connectivity index (χ3n) is 5.40. The molecule has 5 rings (SSSR count). The monoisotopic (exact) mass is 325 g/mol. The lowest BCUT2D eigenvalue weighted by Crippen LogP contribution is -2.59.